The third kappa shape index (κ3) is 2.69. The second-order valence-electron chi connectivity index (χ2n) is 3.63. The predicted octanol–water partition coefficient (Wildman–Crippen LogP) is 1.76. The molecule has 0 aliphatic heterocycles. The molecular weight excluding hydrogens is 220 g/mol. The van der Waals surface area contributed by atoms with E-state index in [0.717, 1.165) is 11.1 Å². The third-order valence-electron chi connectivity index (χ3n) is 2.27. The Labute approximate surface area is 98.4 Å². The van der Waals surface area contributed by atoms with Crippen molar-refractivity contribution in [1.29, 1.82) is 0 Å². The first-order valence-electron chi connectivity index (χ1n) is 5.15. The van der Waals surface area contributed by atoms with E-state index in [-0.39, 0.29) is 12.3 Å². The van der Waals surface area contributed by atoms with Crippen LogP contribution >= 0.6 is 0 Å². The van der Waals surface area contributed by atoms with Crippen molar-refractivity contribution in [2.24, 2.45) is 0 Å². The number of methoxy groups -OCH3 is 1. The SMILES string of the molecule is COC(=O)Cc1nc(-c2cccc(C)c2)no1. The molecule has 0 saturated heterocycles. The van der Waals surface area contributed by atoms with Gasteiger partial charge in [0.05, 0.1) is 7.11 Å². The van der Waals surface area contributed by atoms with Crippen LogP contribution in [0.25, 0.3) is 11.4 Å². The Morgan fingerprint density at radius 1 is 1.47 bits per heavy atom. The zero-order chi connectivity index (χ0) is 12.3. The Kier molecular flexibility index (Phi) is 3.18. The van der Waals surface area contributed by atoms with Crippen molar-refractivity contribution in [2.75, 3.05) is 7.11 Å². The first-order chi connectivity index (χ1) is 8.19. The van der Waals surface area contributed by atoms with Gasteiger partial charge >= 0.3 is 5.97 Å². The standard InChI is InChI=1S/C12H12N2O3/c1-8-4-3-5-9(6-8)12-13-10(17-14-12)7-11(15)16-2/h3-6H,7H2,1-2H3. The zero-order valence-corrected chi connectivity index (χ0v) is 9.64. The number of esters is 1. The minimum atomic E-state index is -0.399. The summed E-state index contributed by atoms with van der Waals surface area (Å²) in [6.07, 6.45) is -0.00465. The van der Waals surface area contributed by atoms with E-state index in [4.69, 9.17) is 4.52 Å². The van der Waals surface area contributed by atoms with Crippen LogP contribution in [0.1, 0.15) is 11.5 Å². The highest BCUT2D eigenvalue weighted by molar-refractivity contribution is 5.71. The van der Waals surface area contributed by atoms with E-state index in [0.29, 0.717) is 5.82 Å². The number of carbonyl (C=O) groups excluding carboxylic acids is 1. The first kappa shape index (κ1) is 11.3. The molecule has 0 fully saturated rings. The van der Waals surface area contributed by atoms with Gasteiger partial charge in [0, 0.05) is 5.56 Å². The average molecular weight is 232 g/mol. The van der Waals surface area contributed by atoms with Gasteiger partial charge < -0.3 is 9.26 Å². The van der Waals surface area contributed by atoms with Crippen molar-refractivity contribution in [3.05, 3.63) is 35.7 Å². The molecule has 0 radical (unpaired) electrons. The lowest BCUT2D eigenvalue weighted by Crippen LogP contribution is -2.04. The van der Waals surface area contributed by atoms with Gasteiger partial charge in [0.2, 0.25) is 11.7 Å². The molecule has 0 N–H and O–H groups in total. The second-order valence-corrected chi connectivity index (χ2v) is 3.63. The molecule has 5 nitrogen and oxygen atoms in total. The molecule has 0 atom stereocenters. The van der Waals surface area contributed by atoms with Gasteiger partial charge in [-0.2, -0.15) is 4.98 Å². The molecule has 0 bridgehead atoms. The highest BCUT2D eigenvalue weighted by atomic mass is 16.5. The van der Waals surface area contributed by atoms with Crippen LogP contribution in [0.4, 0.5) is 0 Å². The van der Waals surface area contributed by atoms with Crippen LogP contribution in [-0.4, -0.2) is 23.2 Å². The minimum Gasteiger partial charge on any atom is -0.469 e. The fraction of sp³-hybridized carbons (Fsp3) is 0.250. The van der Waals surface area contributed by atoms with Crippen LogP contribution in [0.3, 0.4) is 0 Å². The monoisotopic (exact) mass is 232 g/mol. The molecule has 0 unspecified atom stereocenters. The Morgan fingerprint density at radius 3 is 3.00 bits per heavy atom. The van der Waals surface area contributed by atoms with E-state index < -0.39 is 5.97 Å². The van der Waals surface area contributed by atoms with Gasteiger partial charge in [0.15, 0.2) is 0 Å². The largest absolute Gasteiger partial charge is 0.469 e. The maximum atomic E-state index is 11.0. The van der Waals surface area contributed by atoms with Crippen LogP contribution in [-0.2, 0) is 16.0 Å². The number of rotatable bonds is 3. The van der Waals surface area contributed by atoms with E-state index in [9.17, 15) is 4.79 Å². The summed E-state index contributed by atoms with van der Waals surface area (Å²) in [5.74, 6) is 0.338. The smallest absolute Gasteiger partial charge is 0.315 e. The van der Waals surface area contributed by atoms with Gasteiger partial charge in [-0.05, 0) is 13.0 Å². The Hall–Kier alpha value is -2.17. The molecule has 2 rings (SSSR count). The normalized spacial score (nSPS) is 10.2. The van der Waals surface area contributed by atoms with E-state index in [1.165, 1.54) is 7.11 Å². The summed E-state index contributed by atoms with van der Waals surface area (Å²) >= 11 is 0. The Balaban J connectivity index is 2.21. The maximum Gasteiger partial charge on any atom is 0.315 e. The fourth-order valence-electron chi connectivity index (χ4n) is 1.42. The number of ether oxygens (including phenoxy) is 1. The number of benzene rings is 1. The van der Waals surface area contributed by atoms with E-state index in [1.54, 1.807) is 0 Å². The summed E-state index contributed by atoms with van der Waals surface area (Å²) in [7, 11) is 1.32. The number of hydrogen-bond donors (Lipinski definition) is 0. The number of aryl methyl sites for hydroxylation is 1. The van der Waals surface area contributed by atoms with E-state index >= 15 is 0 Å². The zero-order valence-electron chi connectivity index (χ0n) is 9.64. The number of carbonyl (C=O) groups is 1. The van der Waals surface area contributed by atoms with Crippen LogP contribution < -0.4 is 0 Å². The summed E-state index contributed by atoms with van der Waals surface area (Å²) < 4.78 is 9.49. The molecule has 1 aromatic carbocycles. The lowest BCUT2D eigenvalue weighted by atomic mass is 10.1. The van der Waals surface area contributed by atoms with Crippen molar-refractivity contribution in [1.82, 2.24) is 10.1 Å². The molecule has 5 heteroatoms. The number of nitrogens with zero attached hydrogens (tertiary/aromatic N) is 2. The number of aromatic nitrogens is 2. The molecule has 88 valence electrons. The van der Waals surface area contributed by atoms with Crippen molar-refractivity contribution < 1.29 is 14.1 Å². The second kappa shape index (κ2) is 4.78. The van der Waals surface area contributed by atoms with Crippen molar-refractivity contribution in [2.45, 2.75) is 13.3 Å². The molecule has 1 heterocycles. The topological polar surface area (TPSA) is 65.2 Å². The summed E-state index contributed by atoms with van der Waals surface area (Å²) in [6, 6.07) is 7.74. The van der Waals surface area contributed by atoms with Gasteiger partial charge in [0.25, 0.3) is 0 Å². The molecule has 0 spiro atoms. The molecule has 0 amide bonds. The van der Waals surface area contributed by atoms with Gasteiger partial charge in [-0.3, -0.25) is 4.79 Å². The molecule has 2 aromatic rings. The summed E-state index contributed by atoms with van der Waals surface area (Å²) in [5, 5.41) is 3.82. The third-order valence-corrected chi connectivity index (χ3v) is 2.27. The van der Waals surface area contributed by atoms with Crippen molar-refractivity contribution >= 4 is 5.97 Å². The first-order valence-corrected chi connectivity index (χ1v) is 5.15. The quantitative estimate of drug-likeness (QED) is 0.754. The summed E-state index contributed by atoms with van der Waals surface area (Å²) in [5.41, 5.74) is 1.98. The Bertz CT molecular complexity index is 534. The minimum absolute atomic E-state index is 0.00465. The lowest BCUT2D eigenvalue weighted by Gasteiger charge is -1.95. The van der Waals surface area contributed by atoms with Gasteiger partial charge in [-0.15, -0.1) is 0 Å². The maximum absolute atomic E-state index is 11.0. The molecule has 0 saturated carbocycles. The molecule has 17 heavy (non-hydrogen) atoms. The highest BCUT2D eigenvalue weighted by Gasteiger charge is 2.12. The van der Waals surface area contributed by atoms with Crippen LogP contribution in [0.5, 0.6) is 0 Å². The van der Waals surface area contributed by atoms with Crippen LogP contribution in [0.2, 0.25) is 0 Å². The summed E-state index contributed by atoms with van der Waals surface area (Å²) in [4.78, 5) is 15.2. The highest BCUT2D eigenvalue weighted by Crippen LogP contribution is 2.17. The average Bonchev–Trinajstić information content (AvgIpc) is 2.77. The van der Waals surface area contributed by atoms with Crippen LogP contribution in [0, 0.1) is 6.92 Å². The molecule has 0 aliphatic carbocycles. The van der Waals surface area contributed by atoms with Gasteiger partial charge in [-0.25, -0.2) is 0 Å². The van der Waals surface area contributed by atoms with Crippen molar-refractivity contribution in [3.63, 3.8) is 0 Å². The predicted molar refractivity (Wildman–Crippen MR) is 60.2 cm³/mol. The van der Waals surface area contributed by atoms with E-state index in [1.807, 2.05) is 31.2 Å². The molecule has 1 aromatic heterocycles. The van der Waals surface area contributed by atoms with Crippen LogP contribution in [0.15, 0.2) is 28.8 Å². The molecular formula is C12H12N2O3. The van der Waals surface area contributed by atoms with Crippen molar-refractivity contribution in [3.8, 4) is 11.4 Å². The Morgan fingerprint density at radius 2 is 2.29 bits per heavy atom. The fourth-order valence-corrected chi connectivity index (χ4v) is 1.42. The van der Waals surface area contributed by atoms with Gasteiger partial charge in [0.1, 0.15) is 6.42 Å². The summed E-state index contributed by atoms with van der Waals surface area (Å²) in [6.45, 7) is 1.99. The van der Waals surface area contributed by atoms with Gasteiger partial charge in [-0.1, -0.05) is 28.9 Å². The molecule has 0 aliphatic rings. The lowest BCUT2D eigenvalue weighted by molar-refractivity contribution is -0.140. The van der Waals surface area contributed by atoms with E-state index in [2.05, 4.69) is 14.9 Å². The number of hydrogen-bond acceptors (Lipinski definition) is 5.